The molecule has 1 saturated carbocycles. The van der Waals surface area contributed by atoms with E-state index in [-0.39, 0.29) is 18.1 Å². The molecule has 1 fully saturated rings. The SMILES string of the molecule is COC1CC(CNC(=O)c2n[nH]c3c2C[C@H](C)O[C@@H]3C)C1. The number of methoxy groups -OCH3 is 1. The molecule has 21 heavy (non-hydrogen) atoms. The Morgan fingerprint density at radius 2 is 2.24 bits per heavy atom. The second kappa shape index (κ2) is 5.77. The first kappa shape index (κ1) is 14.5. The predicted octanol–water partition coefficient (Wildman–Crippen LogP) is 1.59. The van der Waals surface area contributed by atoms with E-state index < -0.39 is 0 Å². The van der Waals surface area contributed by atoms with Crippen molar-refractivity contribution in [3.8, 4) is 0 Å². The predicted molar refractivity (Wildman–Crippen MR) is 77.1 cm³/mol. The minimum Gasteiger partial charge on any atom is -0.381 e. The van der Waals surface area contributed by atoms with Crippen LogP contribution in [0, 0.1) is 5.92 Å². The van der Waals surface area contributed by atoms with Crippen LogP contribution >= 0.6 is 0 Å². The highest BCUT2D eigenvalue weighted by molar-refractivity contribution is 5.94. The maximum atomic E-state index is 12.3. The molecule has 0 unspecified atom stereocenters. The lowest BCUT2D eigenvalue weighted by atomic mass is 9.82. The molecule has 1 aliphatic heterocycles. The van der Waals surface area contributed by atoms with Crippen molar-refractivity contribution in [1.29, 1.82) is 0 Å². The lowest BCUT2D eigenvalue weighted by Gasteiger charge is -2.34. The van der Waals surface area contributed by atoms with E-state index in [0.717, 1.165) is 30.5 Å². The molecule has 1 aliphatic carbocycles. The van der Waals surface area contributed by atoms with E-state index in [1.54, 1.807) is 7.11 Å². The van der Waals surface area contributed by atoms with Gasteiger partial charge in [-0.3, -0.25) is 9.89 Å². The topological polar surface area (TPSA) is 76.2 Å². The van der Waals surface area contributed by atoms with E-state index in [4.69, 9.17) is 9.47 Å². The zero-order valence-corrected chi connectivity index (χ0v) is 12.8. The summed E-state index contributed by atoms with van der Waals surface area (Å²) in [6, 6.07) is 0. The highest BCUT2D eigenvalue weighted by Crippen LogP contribution is 2.31. The van der Waals surface area contributed by atoms with E-state index >= 15 is 0 Å². The molecule has 6 heteroatoms. The lowest BCUT2D eigenvalue weighted by molar-refractivity contribution is -0.00703. The van der Waals surface area contributed by atoms with Gasteiger partial charge >= 0.3 is 0 Å². The number of aromatic nitrogens is 2. The molecule has 116 valence electrons. The number of nitrogens with zero attached hydrogens (tertiary/aromatic N) is 1. The highest BCUT2D eigenvalue weighted by atomic mass is 16.5. The van der Waals surface area contributed by atoms with Crippen LogP contribution in [-0.2, 0) is 15.9 Å². The maximum Gasteiger partial charge on any atom is 0.272 e. The molecular formula is C15H23N3O3. The summed E-state index contributed by atoms with van der Waals surface area (Å²) in [5.74, 6) is 0.435. The second-order valence-electron chi connectivity index (χ2n) is 6.16. The summed E-state index contributed by atoms with van der Waals surface area (Å²) in [7, 11) is 1.74. The van der Waals surface area contributed by atoms with E-state index in [1.165, 1.54) is 0 Å². The van der Waals surface area contributed by atoms with Gasteiger partial charge in [0.1, 0.15) is 0 Å². The number of ether oxygens (including phenoxy) is 2. The van der Waals surface area contributed by atoms with Crippen molar-refractivity contribution in [3.05, 3.63) is 17.0 Å². The zero-order chi connectivity index (χ0) is 15.0. The van der Waals surface area contributed by atoms with Crippen molar-refractivity contribution in [2.45, 2.75) is 51.4 Å². The Morgan fingerprint density at radius 3 is 2.95 bits per heavy atom. The number of rotatable bonds is 4. The van der Waals surface area contributed by atoms with Gasteiger partial charge < -0.3 is 14.8 Å². The number of carbonyl (C=O) groups excluding carboxylic acids is 1. The minimum absolute atomic E-state index is 0.0353. The Kier molecular flexibility index (Phi) is 3.99. The molecule has 2 N–H and O–H groups in total. The van der Waals surface area contributed by atoms with Crippen LogP contribution < -0.4 is 5.32 Å². The van der Waals surface area contributed by atoms with E-state index in [1.807, 2.05) is 13.8 Å². The Bertz CT molecular complexity index is 522. The van der Waals surface area contributed by atoms with Crippen molar-refractivity contribution in [2.75, 3.05) is 13.7 Å². The van der Waals surface area contributed by atoms with Gasteiger partial charge in [-0.1, -0.05) is 0 Å². The van der Waals surface area contributed by atoms with Gasteiger partial charge in [0, 0.05) is 25.6 Å². The van der Waals surface area contributed by atoms with E-state index in [2.05, 4.69) is 15.5 Å². The largest absolute Gasteiger partial charge is 0.381 e. The first-order valence-electron chi connectivity index (χ1n) is 7.62. The highest BCUT2D eigenvalue weighted by Gasteiger charge is 2.31. The molecule has 3 rings (SSSR count). The number of fused-ring (bicyclic) bond motifs is 1. The number of carbonyl (C=O) groups is 1. The van der Waals surface area contributed by atoms with Crippen LogP contribution in [0.3, 0.4) is 0 Å². The quantitative estimate of drug-likeness (QED) is 0.884. The second-order valence-corrected chi connectivity index (χ2v) is 6.16. The van der Waals surface area contributed by atoms with Crippen LogP contribution in [0.15, 0.2) is 0 Å². The van der Waals surface area contributed by atoms with Gasteiger partial charge in [0.2, 0.25) is 0 Å². The maximum absolute atomic E-state index is 12.3. The van der Waals surface area contributed by atoms with Crippen molar-refractivity contribution in [2.24, 2.45) is 5.92 Å². The van der Waals surface area contributed by atoms with Crippen molar-refractivity contribution in [3.63, 3.8) is 0 Å². The summed E-state index contributed by atoms with van der Waals surface area (Å²) in [6.07, 6.45) is 3.23. The summed E-state index contributed by atoms with van der Waals surface area (Å²) in [4.78, 5) is 12.3. The smallest absolute Gasteiger partial charge is 0.272 e. The van der Waals surface area contributed by atoms with Gasteiger partial charge in [-0.05, 0) is 32.6 Å². The molecule has 0 saturated heterocycles. The lowest BCUT2D eigenvalue weighted by Crippen LogP contribution is -2.39. The summed E-state index contributed by atoms with van der Waals surface area (Å²) in [5, 5.41) is 10.1. The van der Waals surface area contributed by atoms with E-state index in [9.17, 15) is 4.79 Å². The number of nitrogens with one attached hydrogen (secondary N) is 2. The fourth-order valence-corrected chi connectivity index (χ4v) is 3.22. The number of aromatic amines is 1. The summed E-state index contributed by atoms with van der Waals surface area (Å²) < 4.78 is 11.0. The fourth-order valence-electron chi connectivity index (χ4n) is 3.22. The van der Waals surface area contributed by atoms with Crippen LogP contribution in [0.2, 0.25) is 0 Å². The third-order valence-corrected chi connectivity index (χ3v) is 4.53. The summed E-state index contributed by atoms with van der Waals surface area (Å²) in [5.41, 5.74) is 2.46. The van der Waals surface area contributed by atoms with Crippen LogP contribution in [0.1, 0.15) is 54.5 Å². The minimum atomic E-state index is -0.0883. The molecule has 6 nitrogen and oxygen atoms in total. The van der Waals surface area contributed by atoms with Crippen LogP contribution in [0.4, 0.5) is 0 Å². The van der Waals surface area contributed by atoms with Gasteiger partial charge in [-0.15, -0.1) is 0 Å². The first-order valence-corrected chi connectivity index (χ1v) is 7.62. The average Bonchev–Trinajstić information content (AvgIpc) is 2.81. The molecule has 2 heterocycles. The molecule has 0 spiro atoms. The van der Waals surface area contributed by atoms with Crippen molar-refractivity contribution < 1.29 is 14.3 Å². The Labute approximate surface area is 124 Å². The average molecular weight is 293 g/mol. The first-order chi connectivity index (χ1) is 10.1. The molecule has 1 aromatic heterocycles. The van der Waals surface area contributed by atoms with Gasteiger partial charge in [0.05, 0.1) is 24.0 Å². The van der Waals surface area contributed by atoms with Crippen molar-refractivity contribution >= 4 is 5.91 Å². The zero-order valence-electron chi connectivity index (χ0n) is 12.8. The molecule has 1 amide bonds. The number of hydrogen-bond acceptors (Lipinski definition) is 4. The Hall–Kier alpha value is -1.40. The number of amides is 1. The molecule has 0 bridgehead atoms. The fraction of sp³-hybridized carbons (Fsp3) is 0.733. The molecular weight excluding hydrogens is 270 g/mol. The monoisotopic (exact) mass is 293 g/mol. The number of H-pyrrole nitrogens is 1. The van der Waals surface area contributed by atoms with Crippen LogP contribution in [0.25, 0.3) is 0 Å². The third kappa shape index (κ3) is 2.82. The normalized spacial score (nSPS) is 31.4. The van der Waals surface area contributed by atoms with Crippen LogP contribution in [0.5, 0.6) is 0 Å². The van der Waals surface area contributed by atoms with E-state index in [0.29, 0.717) is 24.3 Å². The molecule has 2 aliphatic rings. The Morgan fingerprint density at radius 1 is 1.48 bits per heavy atom. The van der Waals surface area contributed by atoms with Crippen LogP contribution in [-0.4, -0.2) is 42.0 Å². The summed E-state index contributed by atoms with van der Waals surface area (Å²) in [6.45, 7) is 4.70. The van der Waals surface area contributed by atoms with Gasteiger partial charge in [-0.2, -0.15) is 5.10 Å². The molecule has 1 aromatic rings. The number of hydrogen-bond donors (Lipinski definition) is 2. The van der Waals surface area contributed by atoms with Crippen molar-refractivity contribution in [1.82, 2.24) is 15.5 Å². The third-order valence-electron chi connectivity index (χ3n) is 4.53. The van der Waals surface area contributed by atoms with Gasteiger partial charge in [0.15, 0.2) is 5.69 Å². The summed E-state index contributed by atoms with van der Waals surface area (Å²) >= 11 is 0. The standard InChI is InChI=1S/C15H23N3O3/c1-8-4-12-13(9(2)21-8)17-18-14(12)15(19)16-7-10-5-11(6-10)20-3/h8-11H,4-7H2,1-3H3,(H,16,19)(H,17,18)/t8-,9+,10?,11?/m0/s1. The molecule has 2 atom stereocenters. The van der Waals surface area contributed by atoms with Gasteiger partial charge in [0.25, 0.3) is 5.91 Å². The van der Waals surface area contributed by atoms with Gasteiger partial charge in [-0.25, -0.2) is 0 Å². The molecule has 0 aromatic carbocycles. The Balaban J connectivity index is 1.61. The molecule has 0 radical (unpaired) electrons.